The van der Waals surface area contributed by atoms with Crippen molar-refractivity contribution >= 4 is 0 Å². The summed E-state index contributed by atoms with van der Waals surface area (Å²) in [7, 11) is 0. The van der Waals surface area contributed by atoms with Gasteiger partial charge in [0.1, 0.15) is 5.69 Å². The van der Waals surface area contributed by atoms with Crippen molar-refractivity contribution in [2.45, 2.75) is 46.3 Å². The quantitative estimate of drug-likeness (QED) is 0.811. The van der Waals surface area contributed by atoms with E-state index >= 15 is 0 Å². The molecule has 19 heavy (non-hydrogen) atoms. The molecule has 1 heterocycles. The third-order valence-corrected chi connectivity index (χ3v) is 3.33. The number of aryl methyl sites for hydroxylation is 2. The summed E-state index contributed by atoms with van der Waals surface area (Å²) in [6, 6.07) is 8.15. The lowest BCUT2D eigenvalue weighted by Gasteiger charge is -2.10. The Labute approximate surface area is 114 Å². The Morgan fingerprint density at radius 2 is 2.00 bits per heavy atom. The van der Waals surface area contributed by atoms with Crippen LogP contribution in [0.15, 0.2) is 24.3 Å². The van der Waals surface area contributed by atoms with E-state index in [0.717, 1.165) is 24.2 Å². The molecule has 0 radical (unpaired) electrons. The normalized spacial score (nSPS) is 10.9. The molecule has 0 aliphatic carbocycles. The SMILES string of the molecule is CCCCCn1nnc(CO)c1-c1ccccc1C. The van der Waals surface area contributed by atoms with Crippen molar-refractivity contribution in [3.63, 3.8) is 0 Å². The Morgan fingerprint density at radius 3 is 2.68 bits per heavy atom. The van der Waals surface area contributed by atoms with E-state index in [-0.39, 0.29) is 6.61 Å². The molecule has 102 valence electrons. The molecule has 0 saturated heterocycles. The van der Waals surface area contributed by atoms with Crippen molar-refractivity contribution < 1.29 is 5.11 Å². The standard InChI is InChI=1S/C15H21N3O/c1-3-4-7-10-18-15(14(11-19)16-17-18)13-9-6-5-8-12(13)2/h5-6,8-9,19H,3-4,7,10-11H2,1-2H3. The molecule has 4 nitrogen and oxygen atoms in total. The first-order valence-electron chi connectivity index (χ1n) is 6.87. The molecule has 1 aromatic heterocycles. The van der Waals surface area contributed by atoms with Crippen LogP contribution in [0.25, 0.3) is 11.3 Å². The van der Waals surface area contributed by atoms with Crippen LogP contribution in [0.2, 0.25) is 0 Å². The topological polar surface area (TPSA) is 50.9 Å². The Morgan fingerprint density at radius 1 is 1.21 bits per heavy atom. The van der Waals surface area contributed by atoms with Gasteiger partial charge in [-0.05, 0) is 18.9 Å². The van der Waals surface area contributed by atoms with Crippen molar-refractivity contribution in [3.8, 4) is 11.3 Å². The average molecular weight is 259 g/mol. The molecule has 1 N–H and O–H groups in total. The molecule has 4 heteroatoms. The van der Waals surface area contributed by atoms with E-state index in [1.54, 1.807) is 0 Å². The van der Waals surface area contributed by atoms with Gasteiger partial charge in [0, 0.05) is 12.1 Å². The number of aliphatic hydroxyl groups is 1. The highest BCUT2D eigenvalue weighted by Gasteiger charge is 2.15. The summed E-state index contributed by atoms with van der Waals surface area (Å²) >= 11 is 0. The highest BCUT2D eigenvalue weighted by Crippen LogP contribution is 2.26. The lowest BCUT2D eigenvalue weighted by atomic mass is 10.0. The molecule has 0 spiro atoms. The van der Waals surface area contributed by atoms with Gasteiger partial charge >= 0.3 is 0 Å². The molecule has 0 amide bonds. The van der Waals surface area contributed by atoms with Gasteiger partial charge in [0.05, 0.1) is 12.3 Å². The monoisotopic (exact) mass is 259 g/mol. The maximum Gasteiger partial charge on any atom is 0.116 e. The Hall–Kier alpha value is -1.68. The van der Waals surface area contributed by atoms with Crippen LogP contribution in [-0.2, 0) is 13.2 Å². The molecule has 0 unspecified atom stereocenters. The minimum Gasteiger partial charge on any atom is -0.390 e. The van der Waals surface area contributed by atoms with Gasteiger partial charge < -0.3 is 5.11 Å². The number of hydrogen-bond acceptors (Lipinski definition) is 3. The fraction of sp³-hybridized carbons (Fsp3) is 0.467. The Balaban J connectivity index is 2.36. The van der Waals surface area contributed by atoms with E-state index in [0.29, 0.717) is 5.69 Å². The molecular weight excluding hydrogens is 238 g/mol. The number of benzene rings is 1. The highest BCUT2D eigenvalue weighted by molar-refractivity contribution is 5.65. The summed E-state index contributed by atoms with van der Waals surface area (Å²) in [6.45, 7) is 5.03. The van der Waals surface area contributed by atoms with Gasteiger partial charge in [-0.15, -0.1) is 5.10 Å². The van der Waals surface area contributed by atoms with Gasteiger partial charge in [-0.1, -0.05) is 49.2 Å². The number of aliphatic hydroxyl groups excluding tert-OH is 1. The fourth-order valence-corrected chi connectivity index (χ4v) is 2.26. The van der Waals surface area contributed by atoms with Crippen LogP contribution < -0.4 is 0 Å². The summed E-state index contributed by atoms with van der Waals surface area (Å²) in [5.74, 6) is 0. The van der Waals surface area contributed by atoms with Crippen LogP contribution in [0.4, 0.5) is 0 Å². The third-order valence-electron chi connectivity index (χ3n) is 3.33. The largest absolute Gasteiger partial charge is 0.390 e. The first kappa shape index (κ1) is 13.7. The molecule has 2 aromatic rings. The van der Waals surface area contributed by atoms with Crippen LogP contribution in [0.5, 0.6) is 0 Å². The molecule has 1 aromatic carbocycles. The first-order chi connectivity index (χ1) is 9.27. The smallest absolute Gasteiger partial charge is 0.116 e. The summed E-state index contributed by atoms with van der Waals surface area (Å²) in [6.07, 6.45) is 3.45. The molecular formula is C15H21N3O. The molecule has 0 bridgehead atoms. The predicted octanol–water partition coefficient (Wildman–Crippen LogP) is 2.94. The van der Waals surface area contributed by atoms with E-state index in [1.807, 2.05) is 16.8 Å². The van der Waals surface area contributed by atoms with Gasteiger partial charge in [-0.25, -0.2) is 4.68 Å². The van der Waals surface area contributed by atoms with E-state index < -0.39 is 0 Å². The van der Waals surface area contributed by atoms with Gasteiger partial charge in [0.25, 0.3) is 0 Å². The van der Waals surface area contributed by atoms with Gasteiger partial charge in [0.2, 0.25) is 0 Å². The fourth-order valence-electron chi connectivity index (χ4n) is 2.26. The van der Waals surface area contributed by atoms with Crippen LogP contribution in [-0.4, -0.2) is 20.1 Å². The Kier molecular flexibility index (Phi) is 4.68. The van der Waals surface area contributed by atoms with Crippen LogP contribution in [0.3, 0.4) is 0 Å². The second-order valence-electron chi connectivity index (χ2n) is 4.79. The second kappa shape index (κ2) is 6.48. The molecule has 2 rings (SSSR count). The molecule has 0 aliphatic rings. The maximum absolute atomic E-state index is 9.44. The zero-order valence-electron chi connectivity index (χ0n) is 11.6. The zero-order chi connectivity index (χ0) is 13.7. The van der Waals surface area contributed by atoms with Crippen molar-refractivity contribution in [1.82, 2.24) is 15.0 Å². The van der Waals surface area contributed by atoms with Crippen molar-refractivity contribution in [3.05, 3.63) is 35.5 Å². The lowest BCUT2D eigenvalue weighted by Crippen LogP contribution is -2.04. The number of rotatable bonds is 6. The minimum atomic E-state index is -0.0720. The number of aromatic nitrogens is 3. The van der Waals surface area contributed by atoms with Crippen LogP contribution in [0, 0.1) is 6.92 Å². The Bertz CT molecular complexity index is 534. The summed E-state index contributed by atoms with van der Waals surface area (Å²) in [4.78, 5) is 0. The highest BCUT2D eigenvalue weighted by atomic mass is 16.3. The van der Waals surface area contributed by atoms with E-state index in [4.69, 9.17) is 0 Å². The number of hydrogen-bond donors (Lipinski definition) is 1. The predicted molar refractivity (Wildman–Crippen MR) is 75.6 cm³/mol. The van der Waals surface area contributed by atoms with Gasteiger partial charge in [-0.3, -0.25) is 0 Å². The average Bonchev–Trinajstić information content (AvgIpc) is 2.82. The van der Waals surface area contributed by atoms with E-state index in [1.165, 1.54) is 18.4 Å². The number of nitrogens with zero attached hydrogens (tertiary/aromatic N) is 3. The van der Waals surface area contributed by atoms with Crippen LogP contribution >= 0.6 is 0 Å². The lowest BCUT2D eigenvalue weighted by molar-refractivity contribution is 0.277. The van der Waals surface area contributed by atoms with Gasteiger partial charge in [0.15, 0.2) is 0 Å². The molecule has 0 atom stereocenters. The van der Waals surface area contributed by atoms with Crippen LogP contribution in [0.1, 0.15) is 37.4 Å². The third kappa shape index (κ3) is 3.01. The second-order valence-corrected chi connectivity index (χ2v) is 4.79. The first-order valence-corrected chi connectivity index (χ1v) is 6.87. The summed E-state index contributed by atoms with van der Waals surface area (Å²) in [5, 5.41) is 17.7. The molecule has 0 fully saturated rings. The van der Waals surface area contributed by atoms with E-state index in [2.05, 4.69) is 36.3 Å². The van der Waals surface area contributed by atoms with E-state index in [9.17, 15) is 5.11 Å². The minimum absolute atomic E-state index is 0.0720. The molecule has 0 aliphatic heterocycles. The van der Waals surface area contributed by atoms with Gasteiger partial charge in [-0.2, -0.15) is 0 Å². The number of unbranched alkanes of at least 4 members (excludes halogenated alkanes) is 2. The maximum atomic E-state index is 9.44. The van der Waals surface area contributed by atoms with Crippen molar-refractivity contribution in [2.75, 3.05) is 0 Å². The summed E-state index contributed by atoms with van der Waals surface area (Å²) in [5.41, 5.74) is 3.90. The van der Waals surface area contributed by atoms with Crippen molar-refractivity contribution in [1.29, 1.82) is 0 Å². The molecule has 0 saturated carbocycles. The summed E-state index contributed by atoms with van der Waals surface area (Å²) < 4.78 is 1.92. The zero-order valence-corrected chi connectivity index (χ0v) is 11.6. The van der Waals surface area contributed by atoms with Crippen molar-refractivity contribution in [2.24, 2.45) is 0 Å².